The Morgan fingerprint density at radius 1 is 1.46 bits per heavy atom. The number of nitrogens with zero attached hydrogens (tertiary/aromatic N) is 1. The summed E-state index contributed by atoms with van der Waals surface area (Å²) in [6.07, 6.45) is 1.66. The fourth-order valence-electron chi connectivity index (χ4n) is 0.761. The predicted molar refractivity (Wildman–Crippen MR) is 53.1 cm³/mol. The van der Waals surface area contributed by atoms with Crippen LogP contribution in [0.15, 0.2) is 0 Å². The zero-order valence-corrected chi connectivity index (χ0v) is 8.84. The quantitative estimate of drug-likeness (QED) is 0.639. The van der Waals surface area contributed by atoms with E-state index in [2.05, 4.69) is 13.8 Å². The zero-order valence-electron chi connectivity index (χ0n) is 8.84. The van der Waals surface area contributed by atoms with Gasteiger partial charge in [-0.25, -0.2) is 0 Å². The first-order chi connectivity index (χ1) is 5.98. The lowest BCUT2D eigenvalue weighted by molar-refractivity contribution is 0.113. The second-order valence-corrected chi connectivity index (χ2v) is 4.07. The highest BCUT2D eigenvalue weighted by Crippen LogP contribution is 2.04. The van der Waals surface area contributed by atoms with Gasteiger partial charge in [-0.05, 0) is 19.3 Å². The van der Waals surface area contributed by atoms with Gasteiger partial charge in [-0.1, -0.05) is 13.8 Å². The van der Waals surface area contributed by atoms with Gasteiger partial charge in [0.25, 0.3) is 0 Å². The number of rotatable bonds is 6. The van der Waals surface area contributed by atoms with Crippen molar-refractivity contribution in [1.29, 1.82) is 5.26 Å². The van der Waals surface area contributed by atoms with Crippen LogP contribution in [0.3, 0.4) is 0 Å². The minimum absolute atomic E-state index is 0.577. The largest absolute Gasteiger partial charge is 0.381 e. The highest BCUT2D eigenvalue weighted by atomic mass is 16.5. The maximum Gasteiger partial charge on any atom is 0.103 e. The Kier molecular flexibility index (Phi) is 5.68. The molecule has 0 radical (unpaired) electrons. The van der Waals surface area contributed by atoms with Crippen molar-refractivity contribution in [3.05, 3.63) is 0 Å². The Hall–Kier alpha value is -0.590. The molecule has 0 heterocycles. The molecule has 3 heteroatoms. The molecule has 0 aliphatic carbocycles. The molecule has 0 bridgehead atoms. The molecule has 0 fully saturated rings. The fourth-order valence-corrected chi connectivity index (χ4v) is 0.761. The molecule has 0 spiro atoms. The molecule has 3 nitrogen and oxygen atoms in total. The van der Waals surface area contributed by atoms with Crippen LogP contribution in [0.25, 0.3) is 0 Å². The van der Waals surface area contributed by atoms with E-state index in [1.165, 1.54) is 0 Å². The molecular formula is C10H20N2O. The first kappa shape index (κ1) is 12.4. The highest BCUT2D eigenvalue weighted by Gasteiger charge is 2.16. The molecule has 0 aromatic heterocycles. The average Bonchev–Trinajstić information content (AvgIpc) is 2.03. The number of hydrogen-bond acceptors (Lipinski definition) is 3. The molecule has 76 valence electrons. The Morgan fingerprint density at radius 3 is 2.54 bits per heavy atom. The van der Waals surface area contributed by atoms with Gasteiger partial charge in [-0.2, -0.15) is 5.26 Å². The van der Waals surface area contributed by atoms with Crippen LogP contribution in [-0.2, 0) is 4.74 Å². The summed E-state index contributed by atoms with van der Waals surface area (Å²) in [5.74, 6) is 0.667. The summed E-state index contributed by atoms with van der Waals surface area (Å²) in [7, 11) is 0. The Labute approximate surface area is 80.9 Å². The molecular weight excluding hydrogens is 164 g/mol. The van der Waals surface area contributed by atoms with Crippen molar-refractivity contribution in [3.8, 4) is 6.07 Å². The fraction of sp³-hybridized carbons (Fsp3) is 0.900. The van der Waals surface area contributed by atoms with Gasteiger partial charge < -0.3 is 10.5 Å². The lowest BCUT2D eigenvalue weighted by Gasteiger charge is -2.15. The normalized spacial score (nSPS) is 15.4. The minimum atomic E-state index is -0.738. The van der Waals surface area contributed by atoms with E-state index < -0.39 is 5.54 Å². The van der Waals surface area contributed by atoms with Crippen molar-refractivity contribution >= 4 is 0 Å². The molecule has 13 heavy (non-hydrogen) atoms. The van der Waals surface area contributed by atoms with Crippen LogP contribution in [0.2, 0.25) is 0 Å². The number of nitriles is 1. The lowest BCUT2D eigenvalue weighted by Crippen LogP contribution is -2.35. The molecule has 0 saturated heterocycles. The average molecular weight is 184 g/mol. The van der Waals surface area contributed by atoms with E-state index in [0.717, 1.165) is 13.0 Å². The number of nitrogens with two attached hydrogens (primary N) is 1. The molecule has 0 amide bonds. The van der Waals surface area contributed by atoms with E-state index in [1.807, 2.05) is 6.07 Å². The highest BCUT2D eigenvalue weighted by molar-refractivity contribution is 5.00. The predicted octanol–water partition coefficient (Wildman–Crippen LogP) is 1.68. The molecule has 0 aromatic rings. The van der Waals surface area contributed by atoms with Crippen LogP contribution in [0.4, 0.5) is 0 Å². The maximum absolute atomic E-state index is 8.61. The summed E-state index contributed by atoms with van der Waals surface area (Å²) in [5, 5.41) is 8.61. The standard InChI is InChI=1S/C10H20N2O/c1-9(2)4-6-13-7-5-10(3,12)8-11/h9H,4-7,12H2,1-3H3. The number of ether oxygens (including phenoxy) is 1. The van der Waals surface area contributed by atoms with Gasteiger partial charge in [0.1, 0.15) is 5.54 Å². The van der Waals surface area contributed by atoms with Gasteiger partial charge in [-0.3, -0.25) is 0 Å². The second kappa shape index (κ2) is 5.95. The monoisotopic (exact) mass is 184 g/mol. The van der Waals surface area contributed by atoms with Crippen molar-refractivity contribution in [2.24, 2.45) is 11.7 Å². The SMILES string of the molecule is CC(C)CCOCCC(C)(N)C#N. The van der Waals surface area contributed by atoms with Crippen LogP contribution >= 0.6 is 0 Å². The zero-order chi connectivity index (χ0) is 10.3. The van der Waals surface area contributed by atoms with Gasteiger partial charge in [-0.15, -0.1) is 0 Å². The van der Waals surface area contributed by atoms with Gasteiger partial charge in [0.2, 0.25) is 0 Å². The van der Waals surface area contributed by atoms with E-state index >= 15 is 0 Å². The van der Waals surface area contributed by atoms with E-state index in [9.17, 15) is 0 Å². The van der Waals surface area contributed by atoms with Crippen LogP contribution in [0.1, 0.15) is 33.6 Å². The van der Waals surface area contributed by atoms with E-state index in [0.29, 0.717) is 18.9 Å². The van der Waals surface area contributed by atoms with Crippen molar-refractivity contribution in [3.63, 3.8) is 0 Å². The summed E-state index contributed by atoms with van der Waals surface area (Å²) >= 11 is 0. The molecule has 0 aromatic carbocycles. The van der Waals surface area contributed by atoms with Crippen LogP contribution in [0.5, 0.6) is 0 Å². The summed E-state index contributed by atoms with van der Waals surface area (Å²) in [5.41, 5.74) is 4.88. The van der Waals surface area contributed by atoms with Crippen molar-refractivity contribution in [1.82, 2.24) is 0 Å². The van der Waals surface area contributed by atoms with Gasteiger partial charge in [0, 0.05) is 19.6 Å². The first-order valence-corrected chi connectivity index (χ1v) is 4.76. The summed E-state index contributed by atoms with van der Waals surface area (Å²) < 4.78 is 5.35. The van der Waals surface area contributed by atoms with E-state index in [-0.39, 0.29) is 0 Å². The summed E-state index contributed by atoms with van der Waals surface area (Å²) in [4.78, 5) is 0. The topological polar surface area (TPSA) is 59.0 Å². The molecule has 1 atom stereocenters. The smallest absolute Gasteiger partial charge is 0.103 e. The minimum Gasteiger partial charge on any atom is -0.381 e. The molecule has 0 aliphatic heterocycles. The van der Waals surface area contributed by atoms with Gasteiger partial charge in [0.15, 0.2) is 0 Å². The van der Waals surface area contributed by atoms with Gasteiger partial charge >= 0.3 is 0 Å². The van der Waals surface area contributed by atoms with Crippen molar-refractivity contribution in [2.75, 3.05) is 13.2 Å². The Morgan fingerprint density at radius 2 is 2.08 bits per heavy atom. The molecule has 2 N–H and O–H groups in total. The summed E-state index contributed by atoms with van der Waals surface area (Å²) in [6, 6.07) is 2.04. The second-order valence-electron chi connectivity index (χ2n) is 4.07. The summed E-state index contributed by atoms with van der Waals surface area (Å²) in [6.45, 7) is 7.38. The van der Waals surface area contributed by atoms with Crippen molar-refractivity contribution < 1.29 is 4.74 Å². The van der Waals surface area contributed by atoms with Crippen LogP contribution < -0.4 is 5.73 Å². The van der Waals surface area contributed by atoms with Crippen LogP contribution in [-0.4, -0.2) is 18.8 Å². The third kappa shape index (κ3) is 7.76. The third-order valence-corrected chi connectivity index (χ3v) is 1.86. The van der Waals surface area contributed by atoms with Crippen LogP contribution in [0, 0.1) is 17.2 Å². The van der Waals surface area contributed by atoms with Gasteiger partial charge in [0.05, 0.1) is 6.07 Å². The van der Waals surface area contributed by atoms with Crippen molar-refractivity contribution in [2.45, 2.75) is 39.2 Å². The van der Waals surface area contributed by atoms with E-state index in [1.54, 1.807) is 6.92 Å². The number of hydrogen-bond donors (Lipinski definition) is 1. The molecule has 0 rings (SSSR count). The van der Waals surface area contributed by atoms with E-state index in [4.69, 9.17) is 15.7 Å². The lowest BCUT2D eigenvalue weighted by atomic mass is 10.0. The molecule has 0 saturated carbocycles. The molecule has 0 aliphatic rings. The Bertz CT molecular complexity index is 170. The third-order valence-electron chi connectivity index (χ3n) is 1.86. The Balaban J connectivity index is 3.32. The first-order valence-electron chi connectivity index (χ1n) is 4.76. The molecule has 1 unspecified atom stereocenters. The maximum atomic E-state index is 8.61.